The maximum atomic E-state index is 12.9. The molecule has 0 N–H and O–H groups in total. The Balaban J connectivity index is 1.72. The molecular formula is C20H19N3O. The van der Waals surface area contributed by atoms with Crippen LogP contribution in [0.4, 0.5) is 0 Å². The predicted octanol–water partition coefficient (Wildman–Crippen LogP) is 3.11. The maximum Gasteiger partial charge on any atom is 0.268 e. The van der Waals surface area contributed by atoms with Crippen molar-refractivity contribution in [3.63, 3.8) is 0 Å². The number of carbonyl (C=O) groups is 1. The minimum Gasteiger partial charge on any atom is -0.269 e. The summed E-state index contributed by atoms with van der Waals surface area (Å²) >= 11 is 0. The Labute approximate surface area is 141 Å². The molecule has 2 heterocycles. The first-order chi connectivity index (χ1) is 11.7. The zero-order chi connectivity index (χ0) is 16.7. The standard InChI is InChI=1S/C20H19N3O/c1-14-7-8-15-9-10-22-19(18(15)11-14)17(12-21)13-23(22)20(24)16-5-3-2-4-6-16/h2-8,11,17,19H,9-10,13H2,1H3/t17-,19-/m1/s1. The van der Waals surface area contributed by atoms with Gasteiger partial charge in [-0.1, -0.05) is 42.0 Å². The van der Waals surface area contributed by atoms with Crippen molar-refractivity contribution in [3.05, 3.63) is 70.8 Å². The largest absolute Gasteiger partial charge is 0.269 e. The molecule has 0 radical (unpaired) electrons. The van der Waals surface area contributed by atoms with Crippen molar-refractivity contribution in [1.29, 1.82) is 5.26 Å². The quantitative estimate of drug-likeness (QED) is 0.812. The van der Waals surface area contributed by atoms with Gasteiger partial charge in [-0.15, -0.1) is 0 Å². The summed E-state index contributed by atoms with van der Waals surface area (Å²) in [4.78, 5) is 12.9. The van der Waals surface area contributed by atoms with Crippen LogP contribution in [0.15, 0.2) is 48.5 Å². The Morgan fingerprint density at radius 1 is 1.21 bits per heavy atom. The highest BCUT2D eigenvalue weighted by molar-refractivity contribution is 5.94. The lowest BCUT2D eigenvalue weighted by Gasteiger charge is -2.37. The number of carbonyl (C=O) groups excluding carboxylic acids is 1. The smallest absolute Gasteiger partial charge is 0.268 e. The third-order valence-electron chi connectivity index (χ3n) is 5.03. The van der Waals surface area contributed by atoms with Gasteiger partial charge in [0.1, 0.15) is 0 Å². The van der Waals surface area contributed by atoms with Crippen LogP contribution < -0.4 is 0 Å². The van der Waals surface area contributed by atoms with Crippen LogP contribution in [0.1, 0.15) is 33.1 Å². The van der Waals surface area contributed by atoms with Crippen molar-refractivity contribution in [2.45, 2.75) is 19.4 Å². The van der Waals surface area contributed by atoms with Crippen LogP contribution in [-0.2, 0) is 6.42 Å². The molecule has 4 heteroatoms. The van der Waals surface area contributed by atoms with E-state index in [0.717, 1.165) is 13.0 Å². The van der Waals surface area contributed by atoms with Crippen LogP contribution in [-0.4, -0.2) is 29.0 Å². The number of aryl methyl sites for hydroxylation is 1. The fraction of sp³-hybridized carbons (Fsp3) is 0.300. The SMILES string of the molecule is Cc1ccc2c(c1)[C@H]1[C@H](C#N)CN(C(=O)c3ccccc3)N1CC2. The molecule has 0 unspecified atom stereocenters. The average molecular weight is 317 g/mol. The van der Waals surface area contributed by atoms with Crippen LogP contribution in [0.2, 0.25) is 0 Å². The summed E-state index contributed by atoms with van der Waals surface area (Å²) in [5.74, 6) is -0.215. The van der Waals surface area contributed by atoms with E-state index < -0.39 is 0 Å². The van der Waals surface area contributed by atoms with E-state index in [4.69, 9.17) is 0 Å². The molecule has 2 atom stereocenters. The van der Waals surface area contributed by atoms with Crippen LogP contribution in [0.3, 0.4) is 0 Å². The zero-order valence-corrected chi connectivity index (χ0v) is 13.6. The molecule has 0 saturated carbocycles. The molecule has 1 amide bonds. The summed E-state index contributed by atoms with van der Waals surface area (Å²) in [7, 11) is 0. The van der Waals surface area contributed by atoms with E-state index in [0.29, 0.717) is 12.1 Å². The molecule has 1 saturated heterocycles. The Morgan fingerprint density at radius 3 is 2.75 bits per heavy atom. The second-order valence-corrected chi connectivity index (χ2v) is 6.55. The Morgan fingerprint density at radius 2 is 2.00 bits per heavy atom. The first kappa shape index (κ1) is 14.9. The Bertz CT molecular complexity index is 825. The lowest BCUT2D eigenvalue weighted by Crippen LogP contribution is -2.45. The molecule has 4 nitrogen and oxygen atoms in total. The van der Waals surface area contributed by atoms with E-state index in [1.807, 2.05) is 30.3 Å². The van der Waals surface area contributed by atoms with E-state index in [9.17, 15) is 10.1 Å². The summed E-state index contributed by atoms with van der Waals surface area (Å²) in [6, 6.07) is 18.2. The number of hydrazine groups is 1. The van der Waals surface area contributed by atoms with Gasteiger partial charge in [0.2, 0.25) is 0 Å². The van der Waals surface area contributed by atoms with E-state index in [2.05, 4.69) is 36.2 Å². The number of rotatable bonds is 1. The minimum absolute atomic E-state index is 0.0190. The third kappa shape index (κ3) is 2.29. The topological polar surface area (TPSA) is 47.3 Å². The number of nitrogens with zero attached hydrogens (tertiary/aromatic N) is 3. The lowest BCUT2D eigenvalue weighted by molar-refractivity contribution is -0.000477. The summed E-state index contributed by atoms with van der Waals surface area (Å²) in [6.07, 6.45) is 0.906. The van der Waals surface area contributed by atoms with Crippen molar-refractivity contribution in [2.75, 3.05) is 13.1 Å². The van der Waals surface area contributed by atoms with Crippen LogP contribution in [0.5, 0.6) is 0 Å². The monoisotopic (exact) mass is 317 g/mol. The molecule has 0 aromatic heterocycles. The first-order valence-corrected chi connectivity index (χ1v) is 8.31. The van der Waals surface area contributed by atoms with Gasteiger partial charge in [0, 0.05) is 12.1 Å². The van der Waals surface area contributed by atoms with Crippen LogP contribution in [0, 0.1) is 24.2 Å². The van der Waals surface area contributed by atoms with Gasteiger partial charge in [-0.2, -0.15) is 5.26 Å². The molecular weight excluding hydrogens is 298 g/mol. The molecule has 4 rings (SSSR count). The minimum atomic E-state index is -0.196. The van der Waals surface area contributed by atoms with Gasteiger partial charge in [0.25, 0.3) is 5.91 Å². The average Bonchev–Trinajstić information content (AvgIpc) is 3.01. The number of nitriles is 1. The number of amides is 1. The molecule has 2 aliphatic rings. The fourth-order valence-corrected chi connectivity index (χ4v) is 3.88. The number of hydrogen-bond donors (Lipinski definition) is 0. The van der Waals surface area contributed by atoms with Gasteiger partial charge in [-0.3, -0.25) is 9.80 Å². The van der Waals surface area contributed by atoms with Gasteiger partial charge in [0.05, 0.1) is 24.6 Å². The lowest BCUT2D eigenvalue weighted by atomic mass is 9.87. The summed E-state index contributed by atoms with van der Waals surface area (Å²) in [5, 5.41) is 13.5. The molecule has 2 aliphatic heterocycles. The van der Waals surface area contributed by atoms with E-state index >= 15 is 0 Å². The highest BCUT2D eigenvalue weighted by atomic mass is 16.2. The second-order valence-electron chi connectivity index (χ2n) is 6.55. The summed E-state index contributed by atoms with van der Waals surface area (Å²) in [5.41, 5.74) is 4.37. The van der Waals surface area contributed by atoms with Gasteiger partial charge in [0.15, 0.2) is 0 Å². The first-order valence-electron chi connectivity index (χ1n) is 8.31. The Hall–Kier alpha value is -2.64. The zero-order valence-electron chi connectivity index (χ0n) is 13.6. The van der Waals surface area contributed by atoms with Crippen molar-refractivity contribution in [1.82, 2.24) is 10.0 Å². The number of hydrogen-bond acceptors (Lipinski definition) is 3. The highest BCUT2D eigenvalue weighted by Crippen LogP contribution is 2.42. The van der Waals surface area contributed by atoms with Crippen molar-refractivity contribution >= 4 is 5.91 Å². The van der Waals surface area contributed by atoms with E-state index in [1.165, 1.54) is 16.7 Å². The van der Waals surface area contributed by atoms with Crippen molar-refractivity contribution in [3.8, 4) is 6.07 Å². The van der Waals surface area contributed by atoms with Crippen LogP contribution >= 0.6 is 0 Å². The normalized spacial score (nSPS) is 22.6. The van der Waals surface area contributed by atoms with Crippen LogP contribution in [0.25, 0.3) is 0 Å². The molecule has 0 bridgehead atoms. The molecule has 24 heavy (non-hydrogen) atoms. The third-order valence-corrected chi connectivity index (χ3v) is 5.03. The van der Waals surface area contributed by atoms with E-state index in [1.54, 1.807) is 5.01 Å². The molecule has 0 spiro atoms. The fourth-order valence-electron chi connectivity index (χ4n) is 3.88. The van der Waals surface area contributed by atoms with Gasteiger partial charge < -0.3 is 0 Å². The molecule has 120 valence electrons. The molecule has 2 aromatic carbocycles. The molecule has 2 aromatic rings. The van der Waals surface area contributed by atoms with Crippen molar-refractivity contribution < 1.29 is 4.79 Å². The van der Waals surface area contributed by atoms with E-state index in [-0.39, 0.29) is 17.9 Å². The maximum absolute atomic E-state index is 12.9. The number of benzene rings is 2. The second kappa shape index (κ2) is 5.77. The molecule has 0 aliphatic carbocycles. The highest BCUT2D eigenvalue weighted by Gasteiger charge is 2.45. The van der Waals surface area contributed by atoms with Crippen molar-refractivity contribution in [2.24, 2.45) is 5.92 Å². The van der Waals surface area contributed by atoms with Gasteiger partial charge in [-0.25, -0.2) is 5.01 Å². The summed E-state index contributed by atoms with van der Waals surface area (Å²) in [6.45, 7) is 3.31. The Kier molecular flexibility index (Phi) is 3.59. The summed E-state index contributed by atoms with van der Waals surface area (Å²) < 4.78 is 0. The van der Waals surface area contributed by atoms with Gasteiger partial charge in [-0.05, 0) is 36.6 Å². The van der Waals surface area contributed by atoms with Gasteiger partial charge >= 0.3 is 0 Å². The number of fused-ring (bicyclic) bond motifs is 3. The molecule has 1 fully saturated rings. The predicted molar refractivity (Wildman–Crippen MR) is 90.9 cm³/mol.